The van der Waals surface area contributed by atoms with Gasteiger partial charge in [0.25, 0.3) is 0 Å². The summed E-state index contributed by atoms with van der Waals surface area (Å²) >= 11 is 0. The molecule has 0 aliphatic heterocycles. The summed E-state index contributed by atoms with van der Waals surface area (Å²) in [4.78, 5) is 11.4. The van der Waals surface area contributed by atoms with E-state index in [9.17, 15) is 4.79 Å². The summed E-state index contributed by atoms with van der Waals surface area (Å²) in [5, 5.41) is 10.7. The lowest BCUT2D eigenvalue weighted by Crippen LogP contribution is -1.94. The quantitative estimate of drug-likeness (QED) is 0.656. The van der Waals surface area contributed by atoms with Crippen LogP contribution in [0.1, 0.15) is 22.8 Å². The maximum atomic E-state index is 11.4. The third-order valence-electron chi connectivity index (χ3n) is 2.37. The van der Waals surface area contributed by atoms with Crippen molar-refractivity contribution in [2.24, 2.45) is 0 Å². The van der Waals surface area contributed by atoms with Crippen LogP contribution in [0, 0.1) is 11.3 Å². The van der Waals surface area contributed by atoms with Crippen LogP contribution in [0.3, 0.4) is 0 Å². The van der Waals surface area contributed by atoms with E-state index in [1.807, 2.05) is 24.3 Å². The summed E-state index contributed by atoms with van der Waals surface area (Å²) < 4.78 is 0. The first kappa shape index (κ1) is 9.42. The number of Topliss-reactive ketones (excluding diaryl/α,β-unsaturated/α-hetero) is 1. The lowest BCUT2D eigenvalue weighted by molar-refractivity contribution is 0.101. The summed E-state index contributed by atoms with van der Waals surface area (Å²) in [7, 11) is 0. The zero-order chi connectivity index (χ0) is 10.8. The molecule has 2 heteroatoms. The zero-order valence-corrected chi connectivity index (χ0v) is 8.32. The van der Waals surface area contributed by atoms with E-state index in [0.29, 0.717) is 11.1 Å². The van der Waals surface area contributed by atoms with Crippen LogP contribution in [0.5, 0.6) is 0 Å². The van der Waals surface area contributed by atoms with Crippen molar-refractivity contribution < 1.29 is 4.79 Å². The Morgan fingerprint density at radius 2 is 2.00 bits per heavy atom. The van der Waals surface area contributed by atoms with Crippen molar-refractivity contribution >= 4 is 16.6 Å². The number of ketones is 1. The molecule has 0 bridgehead atoms. The van der Waals surface area contributed by atoms with Gasteiger partial charge in [-0.05, 0) is 29.8 Å². The number of rotatable bonds is 1. The second-order valence-corrected chi connectivity index (χ2v) is 3.41. The number of hydrogen-bond donors (Lipinski definition) is 0. The Morgan fingerprint density at radius 3 is 2.67 bits per heavy atom. The van der Waals surface area contributed by atoms with Crippen LogP contribution in [0.15, 0.2) is 36.4 Å². The van der Waals surface area contributed by atoms with E-state index < -0.39 is 0 Å². The van der Waals surface area contributed by atoms with Gasteiger partial charge in [-0.1, -0.05) is 24.3 Å². The lowest BCUT2D eigenvalue weighted by Gasteiger charge is -2.03. The Morgan fingerprint density at radius 1 is 1.27 bits per heavy atom. The normalized spacial score (nSPS) is 9.87. The molecule has 0 unspecified atom stereocenters. The topological polar surface area (TPSA) is 40.9 Å². The fourth-order valence-corrected chi connectivity index (χ4v) is 1.67. The molecule has 2 rings (SSSR count). The SMILES string of the molecule is CC(=O)c1cc(C#N)cc2ccccc12. The number of carbonyl (C=O) groups excluding carboxylic acids is 1. The molecule has 0 aliphatic rings. The monoisotopic (exact) mass is 195 g/mol. The highest BCUT2D eigenvalue weighted by Gasteiger charge is 2.07. The molecule has 0 aliphatic carbocycles. The molecule has 0 radical (unpaired) electrons. The van der Waals surface area contributed by atoms with Crippen molar-refractivity contribution in [1.82, 2.24) is 0 Å². The molecule has 2 nitrogen and oxygen atoms in total. The summed E-state index contributed by atoms with van der Waals surface area (Å²) in [5.41, 5.74) is 1.14. The molecular formula is C13H9NO. The highest BCUT2D eigenvalue weighted by atomic mass is 16.1. The van der Waals surface area contributed by atoms with E-state index >= 15 is 0 Å². The predicted octanol–water partition coefficient (Wildman–Crippen LogP) is 2.91. The van der Waals surface area contributed by atoms with Crippen molar-refractivity contribution in [3.8, 4) is 6.07 Å². The molecule has 2 aromatic carbocycles. The average Bonchev–Trinajstić information content (AvgIpc) is 2.27. The predicted molar refractivity (Wildman–Crippen MR) is 58.7 cm³/mol. The van der Waals surface area contributed by atoms with E-state index in [2.05, 4.69) is 6.07 Å². The molecule has 0 aromatic heterocycles. The Hall–Kier alpha value is -2.14. The van der Waals surface area contributed by atoms with Gasteiger partial charge in [0.15, 0.2) is 5.78 Å². The molecule has 0 N–H and O–H groups in total. The number of fused-ring (bicyclic) bond motifs is 1. The first-order chi connectivity index (χ1) is 7.22. The summed E-state index contributed by atoms with van der Waals surface area (Å²) in [6.07, 6.45) is 0. The van der Waals surface area contributed by atoms with Crippen LogP contribution in [0.25, 0.3) is 10.8 Å². The maximum Gasteiger partial charge on any atom is 0.160 e. The molecule has 2 aromatic rings. The molecule has 0 amide bonds. The highest BCUT2D eigenvalue weighted by Crippen LogP contribution is 2.21. The van der Waals surface area contributed by atoms with E-state index in [4.69, 9.17) is 5.26 Å². The summed E-state index contributed by atoms with van der Waals surface area (Å²) in [6.45, 7) is 1.52. The van der Waals surface area contributed by atoms with Gasteiger partial charge in [-0.2, -0.15) is 5.26 Å². The van der Waals surface area contributed by atoms with Gasteiger partial charge in [0, 0.05) is 5.56 Å². The van der Waals surface area contributed by atoms with Gasteiger partial charge in [-0.3, -0.25) is 4.79 Å². The number of nitrogens with zero attached hydrogens (tertiary/aromatic N) is 1. The molecule has 0 fully saturated rings. The van der Waals surface area contributed by atoms with Crippen LogP contribution in [-0.4, -0.2) is 5.78 Å². The van der Waals surface area contributed by atoms with Crippen molar-refractivity contribution in [1.29, 1.82) is 5.26 Å². The van der Waals surface area contributed by atoms with Gasteiger partial charge in [0.2, 0.25) is 0 Å². The minimum atomic E-state index is -0.0108. The molecule has 0 atom stereocenters. The Bertz CT molecular complexity index is 579. The number of carbonyl (C=O) groups is 1. The number of benzene rings is 2. The Balaban J connectivity index is 2.88. The number of hydrogen-bond acceptors (Lipinski definition) is 2. The standard InChI is InChI=1S/C13H9NO/c1-9(15)13-7-10(8-14)6-11-4-2-3-5-12(11)13/h2-7H,1H3. The van der Waals surface area contributed by atoms with Gasteiger partial charge in [0.05, 0.1) is 11.6 Å². The van der Waals surface area contributed by atoms with Crippen LogP contribution in [0.2, 0.25) is 0 Å². The minimum absolute atomic E-state index is 0.0108. The van der Waals surface area contributed by atoms with Gasteiger partial charge in [-0.15, -0.1) is 0 Å². The highest BCUT2D eigenvalue weighted by molar-refractivity contribution is 6.07. The third kappa shape index (κ3) is 1.60. The molecule has 0 heterocycles. The van der Waals surface area contributed by atoms with Crippen molar-refractivity contribution in [3.63, 3.8) is 0 Å². The van der Waals surface area contributed by atoms with Crippen LogP contribution >= 0.6 is 0 Å². The second kappa shape index (κ2) is 3.55. The molecule has 0 saturated carbocycles. The van der Waals surface area contributed by atoms with Crippen LogP contribution in [0.4, 0.5) is 0 Å². The second-order valence-electron chi connectivity index (χ2n) is 3.41. The van der Waals surface area contributed by atoms with Crippen LogP contribution in [-0.2, 0) is 0 Å². The average molecular weight is 195 g/mol. The molecule has 72 valence electrons. The maximum absolute atomic E-state index is 11.4. The van der Waals surface area contributed by atoms with E-state index in [1.54, 1.807) is 12.1 Å². The molecule has 0 spiro atoms. The van der Waals surface area contributed by atoms with Crippen molar-refractivity contribution in [2.75, 3.05) is 0 Å². The molecular weight excluding hydrogens is 186 g/mol. The molecule has 0 saturated heterocycles. The fourth-order valence-electron chi connectivity index (χ4n) is 1.67. The minimum Gasteiger partial charge on any atom is -0.294 e. The number of nitriles is 1. The van der Waals surface area contributed by atoms with Gasteiger partial charge >= 0.3 is 0 Å². The summed E-state index contributed by atoms with van der Waals surface area (Å²) in [5.74, 6) is -0.0108. The Labute approximate surface area is 87.8 Å². The van der Waals surface area contributed by atoms with Gasteiger partial charge in [0.1, 0.15) is 0 Å². The lowest BCUT2D eigenvalue weighted by atomic mass is 9.99. The first-order valence-corrected chi connectivity index (χ1v) is 4.66. The van der Waals surface area contributed by atoms with Gasteiger partial charge in [-0.25, -0.2) is 0 Å². The first-order valence-electron chi connectivity index (χ1n) is 4.66. The van der Waals surface area contributed by atoms with Crippen LogP contribution < -0.4 is 0 Å². The van der Waals surface area contributed by atoms with E-state index in [0.717, 1.165) is 10.8 Å². The fraction of sp³-hybridized carbons (Fsp3) is 0.0769. The van der Waals surface area contributed by atoms with E-state index in [-0.39, 0.29) is 5.78 Å². The molecule has 15 heavy (non-hydrogen) atoms. The van der Waals surface area contributed by atoms with Crippen molar-refractivity contribution in [2.45, 2.75) is 6.92 Å². The van der Waals surface area contributed by atoms with Gasteiger partial charge < -0.3 is 0 Å². The van der Waals surface area contributed by atoms with Crippen molar-refractivity contribution in [3.05, 3.63) is 47.5 Å². The largest absolute Gasteiger partial charge is 0.294 e. The summed E-state index contributed by atoms with van der Waals surface area (Å²) in [6, 6.07) is 13.1. The van der Waals surface area contributed by atoms with E-state index in [1.165, 1.54) is 6.92 Å². The zero-order valence-electron chi connectivity index (χ0n) is 8.32. The Kier molecular flexibility index (Phi) is 2.23. The smallest absolute Gasteiger partial charge is 0.160 e. The third-order valence-corrected chi connectivity index (χ3v) is 2.37.